The minimum Gasteiger partial charge on any atom is -0.459 e. The molecule has 8 nitrogen and oxygen atoms in total. The van der Waals surface area contributed by atoms with Crippen LogP contribution in [0, 0.1) is 6.92 Å². The maximum absolute atomic E-state index is 5.98. The molecule has 29 heavy (non-hydrogen) atoms. The summed E-state index contributed by atoms with van der Waals surface area (Å²) in [7, 11) is 3.44. The Morgan fingerprint density at radius 2 is 2.21 bits per heavy atom. The fourth-order valence-electron chi connectivity index (χ4n) is 3.61. The van der Waals surface area contributed by atoms with E-state index in [1.54, 1.807) is 14.2 Å². The number of furan rings is 1. The molecular weight excluding hydrogens is 483 g/mol. The van der Waals surface area contributed by atoms with Crippen molar-refractivity contribution in [3.63, 3.8) is 0 Å². The first-order valence-electron chi connectivity index (χ1n) is 9.53. The Kier molecular flexibility index (Phi) is 7.12. The zero-order valence-corrected chi connectivity index (χ0v) is 19.3. The van der Waals surface area contributed by atoms with Gasteiger partial charge in [-0.25, -0.2) is 9.67 Å². The smallest absolute Gasteiger partial charge is 0.191 e. The summed E-state index contributed by atoms with van der Waals surface area (Å²) in [4.78, 5) is 8.88. The van der Waals surface area contributed by atoms with Gasteiger partial charge in [-0.3, -0.25) is 4.99 Å². The number of benzene rings is 1. The quantitative estimate of drug-likeness (QED) is 0.312. The summed E-state index contributed by atoms with van der Waals surface area (Å²) >= 11 is 0. The summed E-state index contributed by atoms with van der Waals surface area (Å²) in [6, 6.07) is 8.34. The number of aromatic nitrogens is 3. The van der Waals surface area contributed by atoms with Gasteiger partial charge < -0.3 is 19.8 Å². The van der Waals surface area contributed by atoms with E-state index in [9.17, 15) is 0 Å². The second-order valence-corrected chi connectivity index (χ2v) is 7.01. The third kappa shape index (κ3) is 4.72. The molecule has 1 unspecified atom stereocenters. The Hall–Kier alpha value is -2.14. The minimum atomic E-state index is 0. The van der Waals surface area contributed by atoms with E-state index < -0.39 is 0 Å². The average Bonchev–Trinajstić information content (AvgIpc) is 3.25. The number of para-hydroxylation sites is 1. The van der Waals surface area contributed by atoms with Crippen LogP contribution in [0.5, 0.6) is 0 Å². The fraction of sp³-hybridized carbons (Fsp3) is 0.450. The Morgan fingerprint density at radius 3 is 2.97 bits per heavy atom. The van der Waals surface area contributed by atoms with E-state index in [1.807, 2.05) is 22.9 Å². The Bertz CT molecular complexity index is 996. The maximum atomic E-state index is 5.98. The van der Waals surface area contributed by atoms with Crippen LogP contribution in [0.4, 0.5) is 0 Å². The molecule has 0 aliphatic carbocycles. The van der Waals surface area contributed by atoms with Gasteiger partial charge in [0, 0.05) is 37.6 Å². The molecule has 0 bridgehead atoms. The minimum absolute atomic E-state index is 0. The number of guanidine groups is 1. The molecule has 1 atom stereocenters. The van der Waals surface area contributed by atoms with E-state index in [-0.39, 0.29) is 30.0 Å². The largest absolute Gasteiger partial charge is 0.459 e. The van der Waals surface area contributed by atoms with Crippen molar-refractivity contribution >= 4 is 40.9 Å². The van der Waals surface area contributed by atoms with Crippen molar-refractivity contribution in [1.82, 2.24) is 25.4 Å². The summed E-state index contributed by atoms with van der Waals surface area (Å²) in [5.74, 6) is 3.44. The standard InChI is InChI=1S/C20H26N6O2.HI/c1-13-15-6-4-5-7-16(15)28-17(13)10-22-20(21-2)23-14-8-9-19-24-18(12-27-3)25-26(19)11-14;/h4-7,14H,8-12H2,1-3H3,(H2,21,22,23);1H. The van der Waals surface area contributed by atoms with Gasteiger partial charge in [-0.2, -0.15) is 5.10 Å². The average molecular weight is 510 g/mol. The number of ether oxygens (including phenoxy) is 1. The van der Waals surface area contributed by atoms with Crippen LogP contribution in [0.1, 0.15) is 29.4 Å². The van der Waals surface area contributed by atoms with Crippen molar-refractivity contribution in [3.05, 3.63) is 47.2 Å². The number of methoxy groups -OCH3 is 1. The summed E-state index contributed by atoms with van der Waals surface area (Å²) in [5.41, 5.74) is 2.08. The molecule has 0 saturated carbocycles. The van der Waals surface area contributed by atoms with Gasteiger partial charge in [0.05, 0.1) is 13.1 Å². The van der Waals surface area contributed by atoms with E-state index in [0.717, 1.165) is 59.3 Å². The molecule has 0 amide bonds. The second-order valence-electron chi connectivity index (χ2n) is 7.01. The van der Waals surface area contributed by atoms with Crippen molar-refractivity contribution < 1.29 is 9.15 Å². The highest BCUT2D eigenvalue weighted by atomic mass is 127. The zero-order chi connectivity index (χ0) is 19.5. The monoisotopic (exact) mass is 510 g/mol. The third-order valence-electron chi connectivity index (χ3n) is 5.10. The van der Waals surface area contributed by atoms with Gasteiger partial charge in [-0.05, 0) is 19.4 Å². The number of hydrogen-bond donors (Lipinski definition) is 2. The lowest BCUT2D eigenvalue weighted by molar-refractivity contribution is 0.177. The number of aryl methyl sites for hydroxylation is 2. The number of rotatable bonds is 5. The normalized spacial score (nSPS) is 16.4. The number of fused-ring (bicyclic) bond motifs is 2. The van der Waals surface area contributed by atoms with Crippen LogP contribution < -0.4 is 10.6 Å². The van der Waals surface area contributed by atoms with E-state index in [4.69, 9.17) is 9.15 Å². The topological polar surface area (TPSA) is 89.5 Å². The Balaban J connectivity index is 0.00000240. The molecule has 0 fully saturated rings. The van der Waals surface area contributed by atoms with Gasteiger partial charge in [0.1, 0.15) is 23.8 Å². The molecule has 156 valence electrons. The van der Waals surface area contributed by atoms with Gasteiger partial charge in [-0.1, -0.05) is 18.2 Å². The molecule has 1 aromatic carbocycles. The molecule has 2 aromatic heterocycles. The molecular formula is C20H27IN6O2. The predicted octanol–water partition coefficient (Wildman–Crippen LogP) is 2.78. The lowest BCUT2D eigenvalue weighted by Gasteiger charge is -2.25. The van der Waals surface area contributed by atoms with Crippen LogP contribution in [0.25, 0.3) is 11.0 Å². The molecule has 2 N–H and O–H groups in total. The van der Waals surface area contributed by atoms with E-state index in [2.05, 4.69) is 38.7 Å². The first kappa shape index (κ1) is 21.6. The number of nitrogens with zero attached hydrogens (tertiary/aromatic N) is 4. The highest BCUT2D eigenvalue weighted by molar-refractivity contribution is 14.0. The number of aliphatic imine (C=N–C) groups is 1. The molecule has 0 radical (unpaired) electrons. The molecule has 1 aliphatic rings. The molecule has 0 saturated heterocycles. The zero-order valence-electron chi connectivity index (χ0n) is 16.9. The van der Waals surface area contributed by atoms with Crippen molar-refractivity contribution in [3.8, 4) is 0 Å². The van der Waals surface area contributed by atoms with Crippen LogP contribution >= 0.6 is 24.0 Å². The molecule has 4 rings (SSSR count). The van der Waals surface area contributed by atoms with E-state index in [0.29, 0.717) is 13.2 Å². The van der Waals surface area contributed by atoms with Crippen LogP contribution in [-0.2, 0) is 30.9 Å². The number of hydrogen-bond acceptors (Lipinski definition) is 5. The number of nitrogens with one attached hydrogen (secondary N) is 2. The second kappa shape index (κ2) is 9.57. The summed E-state index contributed by atoms with van der Waals surface area (Å²) < 4.78 is 13.1. The lowest BCUT2D eigenvalue weighted by Crippen LogP contribution is -2.46. The summed E-state index contributed by atoms with van der Waals surface area (Å²) in [6.45, 7) is 3.87. The van der Waals surface area contributed by atoms with Crippen LogP contribution in [0.3, 0.4) is 0 Å². The summed E-state index contributed by atoms with van der Waals surface area (Å²) in [5, 5.41) is 12.5. The highest BCUT2D eigenvalue weighted by Gasteiger charge is 2.22. The van der Waals surface area contributed by atoms with Crippen LogP contribution in [0.15, 0.2) is 33.7 Å². The molecule has 3 heterocycles. The first-order chi connectivity index (χ1) is 13.7. The maximum Gasteiger partial charge on any atom is 0.191 e. The number of halogens is 1. The Morgan fingerprint density at radius 1 is 1.38 bits per heavy atom. The van der Waals surface area contributed by atoms with Gasteiger partial charge in [0.15, 0.2) is 11.8 Å². The van der Waals surface area contributed by atoms with Gasteiger partial charge in [-0.15, -0.1) is 24.0 Å². The van der Waals surface area contributed by atoms with E-state index >= 15 is 0 Å². The van der Waals surface area contributed by atoms with Crippen molar-refractivity contribution in [1.29, 1.82) is 0 Å². The van der Waals surface area contributed by atoms with Gasteiger partial charge in [0.2, 0.25) is 0 Å². The summed E-state index contributed by atoms with van der Waals surface area (Å²) in [6.07, 6.45) is 1.86. The predicted molar refractivity (Wildman–Crippen MR) is 123 cm³/mol. The van der Waals surface area contributed by atoms with Crippen molar-refractivity contribution in [2.24, 2.45) is 4.99 Å². The lowest BCUT2D eigenvalue weighted by atomic mass is 10.1. The SMILES string of the molecule is CN=C(NCc1oc2ccccc2c1C)NC1CCc2nc(COC)nn2C1.I. The van der Waals surface area contributed by atoms with Crippen LogP contribution in [-0.4, -0.2) is 40.9 Å². The molecule has 1 aliphatic heterocycles. The van der Waals surface area contributed by atoms with Gasteiger partial charge >= 0.3 is 0 Å². The molecule has 3 aromatic rings. The van der Waals surface area contributed by atoms with Gasteiger partial charge in [0.25, 0.3) is 0 Å². The highest BCUT2D eigenvalue weighted by Crippen LogP contribution is 2.24. The van der Waals surface area contributed by atoms with Crippen LogP contribution in [0.2, 0.25) is 0 Å². The Labute approximate surface area is 187 Å². The van der Waals surface area contributed by atoms with Crippen molar-refractivity contribution in [2.75, 3.05) is 14.2 Å². The first-order valence-corrected chi connectivity index (χ1v) is 9.53. The van der Waals surface area contributed by atoms with E-state index in [1.165, 1.54) is 0 Å². The third-order valence-corrected chi connectivity index (χ3v) is 5.10. The fourth-order valence-corrected chi connectivity index (χ4v) is 3.61. The molecule has 0 spiro atoms. The van der Waals surface area contributed by atoms with Crippen molar-refractivity contribution in [2.45, 2.75) is 45.5 Å². The molecule has 9 heteroatoms.